The van der Waals surface area contributed by atoms with Gasteiger partial charge in [0, 0.05) is 11.0 Å². The predicted molar refractivity (Wildman–Crippen MR) is 84.5 cm³/mol. The van der Waals surface area contributed by atoms with Crippen LogP contribution in [0.3, 0.4) is 0 Å². The molecule has 0 aliphatic rings. The molecule has 0 bridgehead atoms. The van der Waals surface area contributed by atoms with Crippen molar-refractivity contribution in [2.75, 3.05) is 5.73 Å². The number of aryl methyl sites for hydroxylation is 2. The molecule has 2 aromatic heterocycles. The van der Waals surface area contributed by atoms with E-state index in [0.29, 0.717) is 5.69 Å². The summed E-state index contributed by atoms with van der Waals surface area (Å²) in [6.45, 7) is 4.98. The molecule has 0 aliphatic heterocycles. The number of nitrogens with zero attached hydrogens (tertiary/aromatic N) is 3. The molecule has 5 nitrogen and oxygen atoms in total. The first-order valence-corrected chi connectivity index (χ1v) is 7.43. The quantitative estimate of drug-likeness (QED) is 0.722. The van der Waals surface area contributed by atoms with Crippen molar-refractivity contribution in [3.63, 3.8) is 0 Å². The van der Waals surface area contributed by atoms with E-state index >= 15 is 0 Å². The molecular formula is C14H16BrN5. The molecule has 1 aromatic carbocycles. The van der Waals surface area contributed by atoms with Gasteiger partial charge in [-0.05, 0) is 31.5 Å². The minimum atomic E-state index is 0.662. The van der Waals surface area contributed by atoms with Crippen LogP contribution in [0.15, 0.2) is 22.7 Å². The molecule has 0 fully saturated rings. The molecule has 0 radical (unpaired) electrons. The summed E-state index contributed by atoms with van der Waals surface area (Å²) in [5.41, 5.74) is 10.5. The molecule has 3 aromatic rings. The second-order valence-corrected chi connectivity index (χ2v) is 5.58. The van der Waals surface area contributed by atoms with Gasteiger partial charge in [0.1, 0.15) is 11.2 Å². The normalized spacial score (nSPS) is 11.3. The van der Waals surface area contributed by atoms with Gasteiger partial charge in [-0.2, -0.15) is 5.10 Å². The van der Waals surface area contributed by atoms with Crippen LogP contribution in [-0.4, -0.2) is 19.7 Å². The summed E-state index contributed by atoms with van der Waals surface area (Å²) in [5.74, 6) is 0.804. The molecule has 0 saturated heterocycles. The fraction of sp³-hybridized carbons (Fsp3) is 0.286. The number of nitrogens with two attached hydrogens (primary N) is 1. The van der Waals surface area contributed by atoms with Crippen LogP contribution in [0.4, 0.5) is 5.69 Å². The summed E-state index contributed by atoms with van der Waals surface area (Å²) in [5, 5.41) is 4.55. The largest absolute Gasteiger partial charge is 0.397 e. The number of hydrogen-bond donors (Lipinski definition) is 2. The predicted octanol–water partition coefficient (Wildman–Crippen LogP) is 3.35. The van der Waals surface area contributed by atoms with Crippen molar-refractivity contribution in [1.82, 2.24) is 19.7 Å². The number of benzene rings is 1. The third kappa shape index (κ3) is 2.10. The van der Waals surface area contributed by atoms with Crippen molar-refractivity contribution >= 4 is 32.7 Å². The van der Waals surface area contributed by atoms with Crippen LogP contribution < -0.4 is 5.73 Å². The number of fused-ring (bicyclic) bond motifs is 1. The smallest absolute Gasteiger partial charge is 0.156 e. The van der Waals surface area contributed by atoms with Gasteiger partial charge in [-0.15, -0.1) is 0 Å². The van der Waals surface area contributed by atoms with E-state index in [1.54, 1.807) is 0 Å². The zero-order chi connectivity index (χ0) is 14.3. The highest BCUT2D eigenvalue weighted by Crippen LogP contribution is 2.28. The van der Waals surface area contributed by atoms with Gasteiger partial charge in [-0.3, -0.25) is 4.68 Å². The van der Waals surface area contributed by atoms with E-state index in [1.807, 2.05) is 16.8 Å². The monoisotopic (exact) mass is 333 g/mol. The zero-order valence-electron chi connectivity index (χ0n) is 11.4. The fourth-order valence-electron chi connectivity index (χ4n) is 2.30. The molecule has 2 heterocycles. The van der Waals surface area contributed by atoms with Gasteiger partial charge in [0.05, 0.1) is 16.9 Å². The molecule has 6 heteroatoms. The van der Waals surface area contributed by atoms with E-state index in [2.05, 4.69) is 50.9 Å². The number of nitrogens with one attached hydrogen (secondary N) is 1. The Kier molecular flexibility index (Phi) is 3.25. The number of nitrogen functional groups attached to an aromatic ring is 1. The number of anilines is 1. The van der Waals surface area contributed by atoms with Crippen molar-refractivity contribution < 1.29 is 0 Å². The van der Waals surface area contributed by atoms with Gasteiger partial charge < -0.3 is 10.7 Å². The summed E-state index contributed by atoms with van der Waals surface area (Å²) >= 11 is 3.45. The van der Waals surface area contributed by atoms with Gasteiger partial charge in [-0.1, -0.05) is 22.9 Å². The van der Waals surface area contributed by atoms with E-state index in [1.165, 1.54) is 0 Å². The maximum Gasteiger partial charge on any atom is 0.156 e. The van der Waals surface area contributed by atoms with Crippen LogP contribution in [0, 0.1) is 0 Å². The summed E-state index contributed by atoms with van der Waals surface area (Å²) in [4.78, 5) is 7.94. The number of hydrogen-bond acceptors (Lipinski definition) is 3. The lowest BCUT2D eigenvalue weighted by molar-refractivity contribution is 0.653. The van der Waals surface area contributed by atoms with E-state index in [9.17, 15) is 0 Å². The molecular weight excluding hydrogens is 318 g/mol. The van der Waals surface area contributed by atoms with Crippen LogP contribution in [0.25, 0.3) is 22.6 Å². The summed E-state index contributed by atoms with van der Waals surface area (Å²) in [7, 11) is 0. The fourth-order valence-corrected chi connectivity index (χ4v) is 2.78. The number of aromatic nitrogens is 4. The second kappa shape index (κ2) is 4.94. The molecule has 20 heavy (non-hydrogen) atoms. The average Bonchev–Trinajstić information content (AvgIpc) is 3.01. The summed E-state index contributed by atoms with van der Waals surface area (Å²) in [6.07, 6.45) is 0.911. The average molecular weight is 334 g/mol. The van der Waals surface area contributed by atoms with Crippen LogP contribution >= 0.6 is 15.9 Å². The lowest BCUT2D eigenvalue weighted by Crippen LogP contribution is -2.00. The Hall–Kier alpha value is -1.82. The topological polar surface area (TPSA) is 72.5 Å². The first-order valence-electron chi connectivity index (χ1n) is 6.64. The Balaban J connectivity index is 2.19. The van der Waals surface area contributed by atoms with Crippen molar-refractivity contribution in [1.29, 1.82) is 0 Å². The molecule has 104 valence electrons. The molecule has 3 N–H and O–H groups in total. The van der Waals surface area contributed by atoms with Crippen LogP contribution in [0.2, 0.25) is 0 Å². The van der Waals surface area contributed by atoms with Gasteiger partial charge >= 0.3 is 0 Å². The van der Waals surface area contributed by atoms with Gasteiger partial charge in [0.15, 0.2) is 5.82 Å². The minimum Gasteiger partial charge on any atom is -0.397 e. The summed E-state index contributed by atoms with van der Waals surface area (Å²) < 4.78 is 2.90. The van der Waals surface area contributed by atoms with E-state index in [-0.39, 0.29) is 0 Å². The molecule has 0 aliphatic carbocycles. The maximum atomic E-state index is 6.02. The van der Waals surface area contributed by atoms with Crippen molar-refractivity contribution in [2.24, 2.45) is 0 Å². The number of imidazole rings is 1. The first kappa shape index (κ1) is 13.2. The molecule has 3 rings (SSSR count). The van der Waals surface area contributed by atoms with Crippen LogP contribution in [0.1, 0.15) is 19.5 Å². The summed E-state index contributed by atoms with van der Waals surface area (Å²) in [6, 6.07) is 5.92. The molecule has 0 saturated carbocycles. The van der Waals surface area contributed by atoms with Crippen LogP contribution in [-0.2, 0) is 13.0 Å². The van der Waals surface area contributed by atoms with Crippen molar-refractivity contribution in [3.05, 3.63) is 28.4 Å². The number of H-pyrrole nitrogens is 1. The lowest BCUT2D eigenvalue weighted by atomic mass is 10.3. The van der Waals surface area contributed by atoms with Crippen molar-refractivity contribution in [3.8, 4) is 11.5 Å². The standard InChI is InChI=1S/C14H16BrN5/c1-3-9-7-12(20(4-2)19-9)14-17-11-6-8(15)5-10(16)13(11)18-14/h5-7H,3-4,16H2,1-2H3,(H,17,18). The molecule has 0 spiro atoms. The third-order valence-electron chi connectivity index (χ3n) is 3.32. The highest BCUT2D eigenvalue weighted by molar-refractivity contribution is 9.10. The first-order chi connectivity index (χ1) is 9.62. The number of rotatable bonds is 3. The Morgan fingerprint density at radius 3 is 2.80 bits per heavy atom. The Morgan fingerprint density at radius 1 is 1.30 bits per heavy atom. The SMILES string of the molecule is CCc1cc(-c2nc3c(N)cc(Br)cc3[nH]2)n(CC)n1. The zero-order valence-corrected chi connectivity index (χ0v) is 13.0. The number of aromatic amines is 1. The molecule has 0 unspecified atom stereocenters. The third-order valence-corrected chi connectivity index (χ3v) is 3.77. The second-order valence-electron chi connectivity index (χ2n) is 4.67. The molecule has 0 atom stereocenters. The van der Waals surface area contributed by atoms with Gasteiger partial charge in [-0.25, -0.2) is 4.98 Å². The highest BCUT2D eigenvalue weighted by Gasteiger charge is 2.13. The highest BCUT2D eigenvalue weighted by atomic mass is 79.9. The Morgan fingerprint density at radius 2 is 2.10 bits per heavy atom. The lowest BCUT2D eigenvalue weighted by Gasteiger charge is -2.00. The maximum absolute atomic E-state index is 6.02. The molecule has 0 amide bonds. The van der Waals surface area contributed by atoms with E-state index in [4.69, 9.17) is 5.73 Å². The van der Waals surface area contributed by atoms with E-state index in [0.717, 1.165) is 45.7 Å². The van der Waals surface area contributed by atoms with Gasteiger partial charge in [0.2, 0.25) is 0 Å². The Labute approximate surface area is 125 Å². The number of halogens is 1. The van der Waals surface area contributed by atoms with Crippen LogP contribution in [0.5, 0.6) is 0 Å². The Bertz CT molecular complexity index is 771. The minimum absolute atomic E-state index is 0.662. The van der Waals surface area contributed by atoms with Crippen molar-refractivity contribution in [2.45, 2.75) is 26.8 Å². The van der Waals surface area contributed by atoms with E-state index < -0.39 is 0 Å². The van der Waals surface area contributed by atoms with Gasteiger partial charge in [0.25, 0.3) is 0 Å².